The van der Waals surface area contributed by atoms with E-state index in [4.69, 9.17) is 34.8 Å². The van der Waals surface area contributed by atoms with Crippen molar-refractivity contribution in [3.63, 3.8) is 0 Å². The van der Waals surface area contributed by atoms with Gasteiger partial charge in [0.1, 0.15) is 5.75 Å². The minimum absolute atomic E-state index is 0.140. The van der Waals surface area contributed by atoms with Crippen LogP contribution in [0, 0.1) is 0 Å². The molecule has 0 aliphatic carbocycles. The fourth-order valence-electron chi connectivity index (χ4n) is 2.64. The summed E-state index contributed by atoms with van der Waals surface area (Å²) in [6.07, 6.45) is -4.68. The summed E-state index contributed by atoms with van der Waals surface area (Å²) in [5.74, 6) is -1.21. The van der Waals surface area contributed by atoms with Crippen LogP contribution < -0.4 is 5.32 Å². The molecule has 0 bridgehead atoms. The van der Waals surface area contributed by atoms with Gasteiger partial charge in [0.05, 0.1) is 16.1 Å². The van der Waals surface area contributed by atoms with Gasteiger partial charge in [0, 0.05) is 21.3 Å². The van der Waals surface area contributed by atoms with E-state index in [2.05, 4.69) is 5.32 Å². The Morgan fingerprint density at radius 3 is 2.17 bits per heavy atom. The lowest BCUT2D eigenvalue weighted by Gasteiger charge is -2.14. The molecule has 3 aromatic carbocycles. The van der Waals surface area contributed by atoms with E-state index >= 15 is 0 Å². The highest BCUT2D eigenvalue weighted by molar-refractivity contribution is 6.32. The van der Waals surface area contributed by atoms with Crippen LogP contribution in [0.1, 0.15) is 15.9 Å². The Labute approximate surface area is 178 Å². The number of phenolic OH excluding ortho intramolecular Hbond substituents is 1. The summed E-state index contributed by atoms with van der Waals surface area (Å²) < 4.78 is 39.0. The van der Waals surface area contributed by atoms with Crippen LogP contribution in [0.4, 0.5) is 18.9 Å². The van der Waals surface area contributed by atoms with Crippen LogP contribution in [0.15, 0.2) is 54.6 Å². The van der Waals surface area contributed by atoms with Gasteiger partial charge in [-0.25, -0.2) is 0 Å². The molecule has 3 rings (SSSR count). The number of nitrogens with one attached hydrogen (secondary N) is 1. The monoisotopic (exact) mass is 459 g/mol. The maximum Gasteiger partial charge on any atom is 0.417 e. The van der Waals surface area contributed by atoms with Crippen molar-refractivity contribution in [1.82, 2.24) is 0 Å². The minimum atomic E-state index is -4.68. The van der Waals surface area contributed by atoms with E-state index in [0.29, 0.717) is 16.7 Å². The van der Waals surface area contributed by atoms with Crippen molar-refractivity contribution in [3.05, 3.63) is 80.8 Å². The Kier molecular flexibility index (Phi) is 5.98. The summed E-state index contributed by atoms with van der Waals surface area (Å²) in [4.78, 5) is 12.6. The van der Waals surface area contributed by atoms with Crippen LogP contribution in [0.3, 0.4) is 0 Å². The Bertz CT molecular complexity index is 1080. The van der Waals surface area contributed by atoms with Crippen LogP contribution >= 0.6 is 34.8 Å². The van der Waals surface area contributed by atoms with Gasteiger partial charge < -0.3 is 10.4 Å². The third-order valence-corrected chi connectivity index (χ3v) is 4.80. The van der Waals surface area contributed by atoms with E-state index < -0.39 is 22.7 Å². The number of anilines is 1. The standard InChI is InChI=1S/C20H11Cl3F3NO2/c21-11-3-1-10(2-4-11)14-7-12(22)8-15(18(14)28)19(29)27-13-5-6-17(23)16(9-13)20(24,25)26/h1-9,28H,(H,27,29). The van der Waals surface area contributed by atoms with E-state index in [1.165, 1.54) is 18.2 Å². The number of aromatic hydroxyl groups is 1. The number of carbonyl (C=O) groups is 1. The van der Waals surface area contributed by atoms with E-state index in [9.17, 15) is 23.1 Å². The summed E-state index contributed by atoms with van der Waals surface area (Å²) >= 11 is 17.5. The number of alkyl halides is 3. The molecular weight excluding hydrogens is 450 g/mol. The topological polar surface area (TPSA) is 49.3 Å². The number of carbonyl (C=O) groups excluding carboxylic acids is 1. The molecule has 0 radical (unpaired) electrons. The van der Waals surface area contributed by atoms with Gasteiger partial charge in [-0.1, -0.05) is 46.9 Å². The summed E-state index contributed by atoms with van der Waals surface area (Å²) in [6, 6.07) is 12.1. The molecule has 0 spiro atoms. The summed E-state index contributed by atoms with van der Waals surface area (Å²) in [5.41, 5.74) is -0.611. The number of hydrogen-bond acceptors (Lipinski definition) is 2. The van der Waals surface area contributed by atoms with Gasteiger partial charge in [0.2, 0.25) is 0 Å². The average Bonchev–Trinajstić information content (AvgIpc) is 2.64. The number of amides is 1. The Morgan fingerprint density at radius 2 is 1.55 bits per heavy atom. The summed E-state index contributed by atoms with van der Waals surface area (Å²) in [5, 5.41) is 13.0. The normalized spacial score (nSPS) is 11.4. The van der Waals surface area contributed by atoms with Crippen LogP contribution in [-0.4, -0.2) is 11.0 Å². The van der Waals surface area contributed by atoms with Gasteiger partial charge in [-0.05, 0) is 48.0 Å². The van der Waals surface area contributed by atoms with Crippen molar-refractivity contribution in [2.75, 3.05) is 5.32 Å². The second-order valence-corrected chi connectivity index (χ2v) is 7.28. The quantitative estimate of drug-likeness (QED) is 0.431. The lowest BCUT2D eigenvalue weighted by molar-refractivity contribution is -0.137. The van der Waals surface area contributed by atoms with Gasteiger partial charge in [-0.3, -0.25) is 4.79 Å². The molecular formula is C20H11Cl3F3NO2. The zero-order valence-electron chi connectivity index (χ0n) is 14.3. The molecule has 0 aromatic heterocycles. The number of phenols is 1. The molecule has 0 saturated carbocycles. The van der Waals surface area contributed by atoms with Crippen molar-refractivity contribution >= 4 is 46.4 Å². The van der Waals surface area contributed by atoms with Gasteiger partial charge in [-0.2, -0.15) is 13.2 Å². The van der Waals surface area contributed by atoms with Crippen molar-refractivity contribution < 1.29 is 23.1 Å². The minimum Gasteiger partial charge on any atom is -0.506 e. The average molecular weight is 461 g/mol. The summed E-state index contributed by atoms with van der Waals surface area (Å²) in [6.45, 7) is 0. The number of benzene rings is 3. The van der Waals surface area contributed by atoms with Crippen LogP contribution in [-0.2, 0) is 6.18 Å². The molecule has 2 N–H and O–H groups in total. The number of halogens is 6. The third kappa shape index (κ3) is 4.78. The molecule has 3 aromatic rings. The van der Waals surface area contributed by atoms with Crippen LogP contribution in [0.25, 0.3) is 11.1 Å². The molecule has 0 atom stereocenters. The molecule has 0 heterocycles. The van der Waals surface area contributed by atoms with Crippen molar-refractivity contribution in [2.45, 2.75) is 6.18 Å². The van der Waals surface area contributed by atoms with Crippen molar-refractivity contribution in [2.24, 2.45) is 0 Å². The fourth-order valence-corrected chi connectivity index (χ4v) is 3.21. The highest BCUT2D eigenvalue weighted by Gasteiger charge is 2.33. The fraction of sp³-hybridized carbons (Fsp3) is 0.0500. The van der Waals surface area contributed by atoms with Gasteiger partial charge in [0.15, 0.2) is 0 Å². The first-order valence-electron chi connectivity index (χ1n) is 8.03. The number of rotatable bonds is 3. The predicted octanol–water partition coefficient (Wildman–Crippen LogP) is 7.29. The molecule has 3 nitrogen and oxygen atoms in total. The van der Waals surface area contributed by atoms with Crippen molar-refractivity contribution in [1.29, 1.82) is 0 Å². The largest absolute Gasteiger partial charge is 0.506 e. The maximum absolute atomic E-state index is 13.0. The van der Waals surface area contributed by atoms with Gasteiger partial charge >= 0.3 is 6.18 Å². The lowest BCUT2D eigenvalue weighted by atomic mass is 10.0. The third-order valence-electron chi connectivity index (χ3n) is 4.00. The molecule has 0 aliphatic heterocycles. The second-order valence-electron chi connectivity index (χ2n) is 6.00. The molecule has 9 heteroatoms. The highest BCUT2D eigenvalue weighted by Crippen LogP contribution is 2.38. The van der Waals surface area contributed by atoms with Gasteiger partial charge in [-0.15, -0.1) is 0 Å². The van der Waals surface area contributed by atoms with Crippen molar-refractivity contribution in [3.8, 4) is 16.9 Å². The van der Waals surface area contributed by atoms with Crippen LogP contribution in [0.5, 0.6) is 5.75 Å². The Balaban J connectivity index is 1.97. The molecule has 0 aliphatic rings. The number of hydrogen-bond donors (Lipinski definition) is 2. The zero-order chi connectivity index (χ0) is 21.3. The zero-order valence-corrected chi connectivity index (χ0v) is 16.6. The SMILES string of the molecule is O=C(Nc1ccc(Cl)c(C(F)(F)F)c1)c1cc(Cl)cc(-c2ccc(Cl)cc2)c1O. The molecule has 150 valence electrons. The van der Waals surface area contributed by atoms with E-state index in [0.717, 1.165) is 6.07 Å². The molecule has 29 heavy (non-hydrogen) atoms. The highest BCUT2D eigenvalue weighted by atomic mass is 35.5. The molecule has 0 unspecified atom stereocenters. The first-order chi connectivity index (χ1) is 13.6. The summed E-state index contributed by atoms with van der Waals surface area (Å²) in [7, 11) is 0. The Hall–Kier alpha value is -2.41. The van der Waals surface area contributed by atoms with E-state index in [1.54, 1.807) is 24.3 Å². The molecule has 1 amide bonds. The van der Waals surface area contributed by atoms with E-state index in [1.807, 2.05) is 0 Å². The molecule has 0 saturated heterocycles. The first kappa shape index (κ1) is 21.3. The predicted molar refractivity (Wildman–Crippen MR) is 108 cm³/mol. The van der Waals surface area contributed by atoms with E-state index in [-0.39, 0.29) is 27.6 Å². The molecule has 0 fully saturated rings. The smallest absolute Gasteiger partial charge is 0.417 e. The second kappa shape index (κ2) is 8.14. The first-order valence-corrected chi connectivity index (χ1v) is 9.16. The lowest BCUT2D eigenvalue weighted by Crippen LogP contribution is -2.14. The Morgan fingerprint density at radius 1 is 0.897 bits per heavy atom. The van der Waals surface area contributed by atoms with Crippen LogP contribution in [0.2, 0.25) is 15.1 Å². The maximum atomic E-state index is 13.0. The van der Waals surface area contributed by atoms with Gasteiger partial charge in [0.25, 0.3) is 5.91 Å².